The summed E-state index contributed by atoms with van der Waals surface area (Å²) in [5, 5.41) is 7.77. The van der Waals surface area contributed by atoms with E-state index in [0.717, 1.165) is 21.6 Å². The normalized spacial score (nSPS) is 12.3. The van der Waals surface area contributed by atoms with E-state index in [0.29, 0.717) is 5.56 Å². The van der Waals surface area contributed by atoms with E-state index in [2.05, 4.69) is 16.7 Å². The summed E-state index contributed by atoms with van der Waals surface area (Å²) in [6.07, 6.45) is 1.71. The van der Waals surface area contributed by atoms with Gasteiger partial charge in [0.15, 0.2) is 0 Å². The Kier molecular flexibility index (Phi) is 6.85. The van der Waals surface area contributed by atoms with Crippen molar-refractivity contribution in [2.75, 3.05) is 0 Å². The van der Waals surface area contributed by atoms with E-state index in [4.69, 9.17) is 0 Å². The topological polar surface area (TPSA) is 58.2 Å². The lowest BCUT2D eigenvalue weighted by Gasteiger charge is -2.19. The molecule has 0 saturated heterocycles. The van der Waals surface area contributed by atoms with Crippen molar-refractivity contribution < 1.29 is 9.59 Å². The van der Waals surface area contributed by atoms with Crippen molar-refractivity contribution in [1.29, 1.82) is 0 Å². The molecule has 0 aliphatic carbocycles. The average Bonchev–Trinajstić information content (AvgIpc) is 3.20. The Balaban J connectivity index is 1.84. The predicted octanol–water partition coefficient (Wildman–Crippen LogP) is 5.32. The minimum absolute atomic E-state index is 0.194. The second kappa shape index (κ2) is 9.55. The van der Waals surface area contributed by atoms with Gasteiger partial charge in [-0.25, -0.2) is 0 Å². The van der Waals surface area contributed by atoms with Gasteiger partial charge in [-0.15, -0.1) is 11.3 Å². The molecule has 0 saturated carbocycles. The van der Waals surface area contributed by atoms with Crippen molar-refractivity contribution in [2.45, 2.75) is 33.7 Å². The van der Waals surface area contributed by atoms with Crippen LogP contribution in [0.2, 0.25) is 0 Å². The number of hydrogen-bond acceptors (Lipinski definition) is 3. The Morgan fingerprint density at radius 1 is 0.967 bits per heavy atom. The van der Waals surface area contributed by atoms with Gasteiger partial charge in [-0.3, -0.25) is 9.59 Å². The van der Waals surface area contributed by atoms with Crippen LogP contribution in [0.1, 0.15) is 50.5 Å². The lowest BCUT2D eigenvalue weighted by molar-refractivity contribution is -0.118. The van der Waals surface area contributed by atoms with Crippen molar-refractivity contribution in [3.8, 4) is 0 Å². The summed E-state index contributed by atoms with van der Waals surface area (Å²) in [4.78, 5) is 26.8. The van der Waals surface area contributed by atoms with Crippen LogP contribution in [0, 0.1) is 20.8 Å². The highest BCUT2D eigenvalue weighted by Crippen LogP contribution is 2.20. The highest BCUT2D eigenvalue weighted by atomic mass is 32.1. The molecule has 0 bridgehead atoms. The van der Waals surface area contributed by atoms with Gasteiger partial charge in [-0.1, -0.05) is 48.0 Å². The molecule has 2 aromatic carbocycles. The monoisotopic (exact) mass is 418 g/mol. The van der Waals surface area contributed by atoms with Crippen LogP contribution in [0.4, 0.5) is 0 Å². The third kappa shape index (κ3) is 5.24. The van der Waals surface area contributed by atoms with Crippen molar-refractivity contribution in [1.82, 2.24) is 10.6 Å². The molecular formula is C25H26N2O2S. The molecule has 0 aliphatic rings. The van der Waals surface area contributed by atoms with Crippen molar-refractivity contribution in [3.63, 3.8) is 0 Å². The maximum Gasteiger partial charge on any atom is 0.268 e. The van der Waals surface area contributed by atoms with Gasteiger partial charge in [0.25, 0.3) is 11.8 Å². The number of nitrogens with one attached hydrogen (secondary N) is 2. The number of thiophene rings is 1. The number of benzene rings is 2. The zero-order valence-corrected chi connectivity index (χ0v) is 18.5. The molecule has 1 atom stereocenters. The summed E-state index contributed by atoms with van der Waals surface area (Å²) in [6.45, 7) is 7.90. The second-order valence-corrected chi connectivity index (χ2v) is 8.38. The quantitative estimate of drug-likeness (QED) is 0.532. The van der Waals surface area contributed by atoms with Crippen LogP contribution in [0.25, 0.3) is 6.08 Å². The van der Waals surface area contributed by atoms with E-state index < -0.39 is 0 Å². The summed E-state index contributed by atoms with van der Waals surface area (Å²) in [5.41, 5.74) is 4.98. The molecule has 5 heteroatoms. The first-order chi connectivity index (χ1) is 14.3. The first-order valence-corrected chi connectivity index (χ1v) is 10.7. The molecule has 1 aromatic heterocycles. The molecule has 0 fully saturated rings. The van der Waals surface area contributed by atoms with Crippen LogP contribution in [0.15, 0.2) is 65.7 Å². The lowest BCUT2D eigenvalue weighted by atomic mass is 10.00. The van der Waals surface area contributed by atoms with Crippen molar-refractivity contribution in [2.24, 2.45) is 0 Å². The molecule has 0 radical (unpaired) electrons. The predicted molar refractivity (Wildman–Crippen MR) is 123 cm³/mol. The second-order valence-electron chi connectivity index (χ2n) is 7.40. The molecule has 1 heterocycles. The number of carbonyl (C=O) groups excluding carboxylic acids is 2. The Morgan fingerprint density at radius 2 is 1.73 bits per heavy atom. The Hall–Kier alpha value is -3.18. The molecule has 1 unspecified atom stereocenters. The summed E-state index contributed by atoms with van der Waals surface area (Å²) in [6, 6.07) is 17.1. The van der Waals surface area contributed by atoms with Gasteiger partial charge in [0.2, 0.25) is 0 Å². The van der Waals surface area contributed by atoms with Gasteiger partial charge in [-0.05, 0) is 68.0 Å². The maximum atomic E-state index is 13.1. The number of aryl methyl sites for hydroxylation is 3. The van der Waals surface area contributed by atoms with Gasteiger partial charge in [-0.2, -0.15) is 0 Å². The average molecular weight is 419 g/mol. The van der Waals surface area contributed by atoms with E-state index in [-0.39, 0.29) is 23.6 Å². The molecule has 3 rings (SSSR count). The fraction of sp³-hybridized carbons (Fsp3) is 0.200. The van der Waals surface area contributed by atoms with Gasteiger partial charge in [0.05, 0.1) is 6.04 Å². The van der Waals surface area contributed by atoms with Crippen LogP contribution in [-0.4, -0.2) is 11.8 Å². The largest absolute Gasteiger partial charge is 0.344 e. The molecule has 0 spiro atoms. The number of carbonyl (C=O) groups is 2. The van der Waals surface area contributed by atoms with E-state index in [1.807, 2.05) is 75.5 Å². The highest BCUT2D eigenvalue weighted by Gasteiger charge is 2.19. The number of amides is 2. The molecular weight excluding hydrogens is 392 g/mol. The Labute approximate surface area is 181 Å². The van der Waals surface area contributed by atoms with Crippen LogP contribution >= 0.6 is 11.3 Å². The van der Waals surface area contributed by atoms with E-state index >= 15 is 0 Å². The summed E-state index contributed by atoms with van der Waals surface area (Å²) in [7, 11) is 0. The standard InChI is InChI=1S/C25H26N2O2S/c1-16-11-12-21(18(3)14-16)19(4)26-25(29)23(15-20-9-7-13-30-20)27-24(28)22-10-6-5-8-17(22)2/h5-15,19H,1-4H3,(H,26,29)(H,27,28)/b23-15-. The SMILES string of the molecule is Cc1ccc(C(C)NC(=O)/C(=C/c2cccs2)NC(=O)c2ccccc2C)c(C)c1. The van der Waals surface area contributed by atoms with Gasteiger partial charge < -0.3 is 10.6 Å². The summed E-state index contributed by atoms with van der Waals surface area (Å²) < 4.78 is 0. The van der Waals surface area contributed by atoms with E-state index in [1.54, 1.807) is 12.1 Å². The van der Waals surface area contributed by atoms with Gasteiger partial charge in [0.1, 0.15) is 5.70 Å². The number of hydrogen-bond donors (Lipinski definition) is 2. The molecule has 30 heavy (non-hydrogen) atoms. The molecule has 2 N–H and O–H groups in total. The third-order valence-electron chi connectivity index (χ3n) is 4.95. The van der Waals surface area contributed by atoms with Crippen molar-refractivity contribution in [3.05, 3.63) is 98.4 Å². The van der Waals surface area contributed by atoms with Gasteiger partial charge in [0, 0.05) is 10.4 Å². The van der Waals surface area contributed by atoms with Gasteiger partial charge >= 0.3 is 0 Å². The zero-order chi connectivity index (χ0) is 21.7. The molecule has 4 nitrogen and oxygen atoms in total. The Bertz CT molecular complexity index is 1080. The first kappa shape index (κ1) is 21.5. The van der Waals surface area contributed by atoms with E-state index in [1.165, 1.54) is 16.9 Å². The zero-order valence-electron chi connectivity index (χ0n) is 17.7. The maximum absolute atomic E-state index is 13.1. The fourth-order valence-electron chi connectivity index (χ4n) is 3.35. The van der Waals surface area contributed by atoms with Crippen LogP contribution in [0.5, 0.6) is 0 Å². The van der Waals surface area contributed by atoms with Crippen molar-refractivity contribution >= 4 is 29.2 Å². The minimum Gasteiger partial charge on any atom is -0.344 e. The lowest BCUT2D eigenvalue weighted by Crippen LogP contribution is -2.36. The molecule has 0 aliphatic heterocycles. The van der Waals surface area contributed by atoms with Crippen LogP contribution in [-0.2, 0) is 4.79 Å². The summed E-state index contributed by atoms with van der Waals surface area (Å²) >= 11 is 1.51. The Morgan fingerprint density at radius 3 is 2.40 bits per heavy atom. The minimum atomic E-state index is -0.321. The van der Waals surface area contributed by atoms with Crippen LogP contribution in [0.3, 0.4) is 0 Å². The fourth-order valence-corrected chi connectivity index (χ4v) is 4.01. The first-order valence-electron chi connectivity index (χ1n) is 9.85. The smallest absolute Gasteiger partial charge is 0.268 e. The molecule has 3 aromatic rings. The van der Waals surface area contributed by atoms with Crippen LogP contribution < -0.4 is 10.6 Å². The summed E-state index contributed by atoms with van der Waals surface area (Å²) in [5.74, 6) is -0.622. The number of rotatable bonds is 6. The third-order valence-corrected chi connectivity index (χ3v) is 5.77. The van der Waals surface area contributed by atoms with E-state index in [9.17, 15) is 9.59 Å². The highest BCUT2D eigenvalue weighted by molar-refractivity contribution is 7.10. The molecule has 2 amide bonds. The molecule has 154 valence electrons.